The second-order valence-corrected chi connectivity index (χ2v) is 7.63. The molecule has 0 aromatic carbocycles. The molecule has 8 heteroatoms. The second-order valence-electron chi connectivity index (χ2n) is 5.48. The fourth-order valence-corrected chi connectivity index (χ4v) is 3.76. The Labute approximate surface area is 125 Å². The van der Waals surface area contributed by atoms with Gasteiger partial charge in [-0.3, -0.25) is 14.2 Å². The first-order chi connectivity index (χ1) is 9.48. The molecule has 124 valence electrons. The van der Waals surface area contributed by atoms with Gasteiger partial charge in [0.1, 0.15) is 5.60 Å². The summed E-state index contributed by atoms with van der Waals surface area (Å²) in [5.74, 6) is -3.43. The lowest BCUT2D eigenvalue weighted by Gasteiger charge is -2.30. The Hall–Kier alpha value is -0.910. The highest BCUT2D eigenvalue weighted by atomic mass is 31.2. The molecule has 1 N–H and O–H groups in total. The Morgan fingerprint density at radius 3 is 1.86 bits per heavy atom. The second kappa shape index (κ2) is 7.92. The van der Waals surface area contributed by atoms with Gasteiger partial charge in [0.25, 0.3) is 0 Å². The van der Waals surface area contributed by atoms with Crippen LogP contribution in [0.2, 0.25) is 0 Å². The number of aliphatic carboxylic acids is 1. The summed E-state index contributed by atoms with van der Waals surface area (Å²) in [6, 6.07) is 0. The lowest BCUT2D eigenvalue weighted by Crippen LogP contribution is -2.39. The van der Waals surface area contributed by atoms with Gasteiger partial charge in [-0.15, -0.1) is 0 Å². The third-order valence-electron chi connectivity index (χ3n) is 2.47. The summed E-state index contributed by atoms with van der Waals surface area (Å²) in [6.07, 6.45) is 0. The van der Waals surface area contributed by atoms with Crippen LogP contribution in [0.4, 0.5) is 0 Å². The quantitative estimate of drug-likeness (QED) is 0.541. The van der Waals surface area contributed by atoms with E-state index in [9.17, 15) is 14.2 Å². The molecular weight excluding hydrogens is 299 g/mol. The zero-order valence-corrected chi connectivity index (χ0v) is 14.3. The average molecular weight is 324 g/mol. The number of carbonyl (C=O) groups is 2. The number of carbonyl (C=O) groups excluding carboxylic acids is 1. The van der Waals surface area contributed by atoms with Crippen LogP contribution < -0.4 is 0 Å². The highest BCUT2D eigenvalue weighted by Crippen LogP contribution is 2.56. The average Bonchev–Trinajstić information content (AvgIpc) is 2.26. The molecule has 0 aliphatic carbocycles. The van der Waals surface area contributed by atoms with Gasteiger partial charge in [0.15, 0.2) is 5.66 Å². The molecule has 7 nitrogen and oxygen atoms in total. The maximum absolute atomic E-state index is 12.8. The maximum atomic E-state index is 12.8. The van der Waals surface area contributed by atoms with Crippen molar-refractivity contribution < 1.29 is 33.0 Å². The molecule has 2 unspecified atom stereocenters. The number of hydrogen-bond acceptors (Lipinski definition) is 6. The van der Waals surface area contributed by atoms with Crippen molar-refractivity contribution in [1.29, 1.82) is 0 Å². The van der Waals surface area contributed by atoms with E-state index in [1.807, 2.05) is 0 Å². The van der Waals surface area contributed by atoms with Crippen molar-refractivity contribution in [3.8, 4) is 0 Å². The number of rotatable bonds is 8. The van der Waals surface area contributed by atoms with Gasteiger partial charge in [-0.2, -0.15) is 0 Å². The van der Waals surface area contributed by atoms with Crippen LogP contribution in [0.15, 0.2) is 0 Å². The van der Waals surface area contributed by atoms with E-state index >= 15 is 0 Å². The standard InChI is InChI=1S/C13H25O7P/c1-7-18-21(17,19-8-2)10(9(3)11(14)15)12(16)20-13(4,5)6/h9-10H,7-8H2,1-6H3,(H,14,15). The normalized spacial score (nSPS) is 15.3. The Morgan fingerprint density at radius 2 is 1.57 bits per heavy atom. The van der Waals surface area contributed by atoms with E-state index in [0.717, 1.165) is 0 Å². The molecule has 0 spiro atoms. The van der Waals surface area contributed by atoms with Crippen molar-refractivity contribution in [3.63, 3.8) is 0 Å². The van der Waals surface area contributed by atoms with Crippen LogP contribution >= 0.6 is 7.60 Å². The van der Waals surface area contributed by atoms with Crippen molar-refractivity contribution in [2.24, 2.45) is 5.92 Å². The molecule has 0 aliphatic heterocycles. The summed E-state index contributed by atoms with van der Waals surface area (Å²) < 4.78 is 28.2. The number of esters is 1. The van der Waals surface area contributed by atoms with E-state index in [4.69, 9.17) is 18.9 Å². The first-order valence-corrected chi connectivity index (χ1v) is 8.44. The van der Waals surface area contributed by atoms with Crippen LogP contribution in [-0.2, 0) is 27.9 Å². The van der Waals surface area contributed by atoms with E-state index in [1.54, 1.807) is 34.6 Å². The van der Waals surface area contributed by atoms with Gasteiger partial charge in [-0.05, 0) is 34.6 Å². The van der Waals surface area contributed by atoms with E-state index in [-0.39, 0.29) is 13.2 Å². The van der Waals surface area contributed by atoms with Crippen LogP contribution in [0.3, 0.4) is 0 Å². The van der Waals surface area contributed by atoms with Gasteiger partial charge >= 0.3 is 19.5 Å². The summed E-state index contributed by atoms with van der Waals surface area (Å²) in [5, 5.41) is 9.16. The first kappa shape index (κ1) is 20.1. The van der Waals surface area contributed by atoms with Crippen molar-refractivity contribution in [1.82, 2.24) is 0 Å². The van der Waals surface area contributed by atoms with Crippen LogP contribution in [0.1, 0.15) is 41.5 Å². The molecule has 0 aliphatic rings. The van der Waals surface area contributed by atoms with Crippen molar-refractivity contribution >= 4 is 19.5 Å². The number of carboxylic acids is 1. The Balaban J connectivity index is 5.63. The van der Waals surface area contributed by atoms with Crippen molar-refractivity contribution in [3.05, 3.63) is 0 Å². The topological polar surface area (TPSA) is 99.1 Å². The maximum Gasteiger partial charge on any atom is 0.345 e. The molecular formula is C13H25O7P. The summed E-state index contributed by atoms with van der Waals surface area (Å²) in [6.45, 7) is 9.43. The van der Waals surface area contributed by atoms with Crippen molar-refractivity contribution in [2.45, 2.75) is 52.8 Å². The van der Waals surface area contributed by atoms with Gasteiger partial charge in [0.2, 0.25) is 0 Å². The highest BCUT2D eigenvalue weighted by Gasteiger charge is 2.49. The van der Waals surface area contributed by atoms with Crippen molar-refractivity contribution in [2.75, 3.05) is 13.2 Å². The molecule has 2 atom stereocenters. The molecule has 0 aromatic rings. The molecule has 0 saturated heterocycles. The van der Waals surface area contributed by atoms with Crippen LogP contribution in [0.5, 0.6) is 0 Å². The lowest BCUT2D eigenvalue weighted by molar-refractivity contribution is -0.159. The number of carboxylic acid groups (broad SMARTS) is 1. The van der Waals surface area contributed by atoms with Gasteiger partial charge < -0.3 is 18.9 Å². The van der Waals surface area contributed by atoms with Crippen LogP contribution in [-0.4, -0.2) is 41.5 Å². The zero-order valence-electron chi connectivity index (χ0n) is 13.4. The van der Waals surface area contributed by atoms with Crippen LogP contribution in [0, 0.1) is 5.92 Å². The van der Waals surface area contributed by atoms with E-state index < -0.39 is 36.7 Å². The molecule has 0 bridgehead atoms. The minimum Gasteiger partial charge on any atom is -0.481 e. The Kier molecular flexibility index (Phi) is 7.57. The molecule has 0 rings (SSSR count). The van der Waals surface area contributed by atoms with E-state index in [0.29, 0.717) is 0 Å². The largest absolute Gasteiger partial charge is 0.481 e. The molecule has 0 radical (unpaired) electrons. The molecule has 0 fully saturated rings. The van der Waals surface area contributed by atoms with E-state index in [2.05, 4.69) is 0 Å². The summed E-state index contributed by atoms with van der Waals surface area (Å²) in [7, 11) is -3.94. The number of ether oxygens (including phenoxy) is 1. The highest BCUT2D eigenvalue weighted by molar-refractivity contribution is 7.55. The SMILES string of the molecule is CCOP(=O)(OCC)C(C(=O)OC(C)(C)C)C(C)C(=O)O. The predicted molar refractivity (Wildman–Crippen MR) is 77.3 cm³/mol. The van der Waals surface area contributed by atoms with Gasteiger partial charge in [-0.1, -0.05) is 6.92 Å². The van der Waals surface area contributed by atoms with Crippen LogP contribution in [0.25, 0.3) is 0 Å². The third kappa shape index (κ3) is 6.16. The monoisotopic (exact) mass is 324 g/mol. The molecule has 0 saturated carbocycles. The number of hydrogen-bond donors (Lipinski definition) is 1. The smallest absolute Gasteiger partial charge is 0.345 e. The van der Waals surface area contributed by atoms with Gasteiger partial charge in [0.05, 0.1) is 19.1 Å². The zero-order chi connectivity index (χ0) is 16.8. The minimum atomic E-state index is -3.94. The molecule has 21 heavy (non-hydrogen) atoms. The summed E-state index contributed by atoms with van der Waals surface area (Å²) in [4.78, 5) is 23.5. The Morgan fingerprint density at radius 1 is 1.14 bits per heavy atom. The minimum absolute atomic E-state index is 0.0307. The predicted octanol–water partition coefficient (Wildman–Crippen LogP) is 2.68. The summed E-state index contributed by atoms with van der Waals surface area (Å²) in [5.41, 5.74) is -2.34. The molecule has 0 amide bonds. The van der Waals surface area contributed by atoms with Gasteiger partial charge in [-0.25, -0.2) is 0 Å². The summed E-state index contributed by atoms with van der Waals surface area (Å²) >= 11 is 0. The third-order valence-corrected chi connectivity index (χ3v) is 5.05. The Bertz CT molecular complexity index is 403. The fourth-order valence-electron chi connectivity index (χ4n) is 1.66. The fraction of sp³-hybridized carbons (Fsp3) is 0.846. The van der Waals surface area contributed by atoms with Gasteiger partial charge in [0, 0.05) is 0 Å². The molecule has 0 heterocycles. The molecule has 0 aromatic heterocycles. The first-order valence-electron chi connectivity index (χ1n) is 6.83. The lowest BCUT2D eigenvalue weighted by atomic mass is 10.1. The van der Waals surface area contributed by atoms with E-state index in [1.165, 1.54) is 6.92 Å².